The number of carbonyl (C=O) groups excluding carboxylic acids is 1. The van der Waals surface area contributed by atoms with E-state index in [0.717, 1.165) is 41.2 Å². The molecule has 1 saturated heterocycles. The van der Waals surface area contributed by atoms with Crippen LogP contribution in [0.3, 0.4) is 0 Å². The molecule has 0 atom stereocenters. The maximum Gasteiger partial charge on any atom is 0.262 e. The molecule has 2 N–H and O–H groups in total. The number of piperidine rings is 1. The van der Waals surface area contributed by atoms with Crippen molar-refractivity contribution in [2.75, 3.05) is 33.4 Å². The second-order valence-corrected chi connectivity index (χ2v) is 8.62. The minimum atomic E-state index is -0.0659. The molecule has 1 aliphatic rings. The highest BCUT2D eigenvalue weighted by atomic mass is 35.5. The second-order valence-electron chi connectivity index (χ2n) is 7.42. The fourth-order valence-corrected chi connectivity index (χ4v) is 4.65. The van der Waals surface area contributed by atoms with Gasteiger partial charge in [-0.2, -0.15) is 0 Å². The highest BCUT2D eigenvalue weighted by Crippen LogP contribution is 2.28. The molecule has 9 heteroatoms. The number of methoxy groups -OCH3 is 1. The summed E-state index contributed by atoms with van der Waals surface area (Å²) in [7, 11) is 1.70. The van der Waals surface area contributed by atoms with Crippen LogP contribution in [0.5, 0.6) is 0 Å². The highest BCUT2D eigenvalue weighted by molar-refractivity contribution is 7.18. The maximum absolute atomic E-state index is 12.7. The number of nitrogens with one attached hydrogen (secondary N) is 2. The minimum Gasteiger partial charge on any atom is -0.384 e. The van der Waals surface area contributed by atoms with Crippen molar-refractivity contribution in [3.8, 4) is 0 Å². The first-order chi connectivity index (χ1) is 13.0. The Balaban J connectivity index is 0.00000280. The van der Waals surface area contributed by atoms with Gasteiger partial charge in [-0.15, -0.1) is 23.7 Å². The number of aromatic nitrogens is 2. The van der Waals surface area contributed by atoms with E-state index in [4.69, 9.17) is 4.74 Å². The number of fused-ring (bicyclic) bond motifs is 1. The zero-order valence-electron chi connectivity index (χ0n) is 16.7. The third-order valence-corrected chi connectivity index (χ3v) is 6.63. The third-order valence-electron chi connectivity index (χ3n) is 5.51. The molecule has 2 aromatic heterocycles. The molecule has 3 heterocycles. The molecule has 1 aliphatic heterocycles. The van der Waals surface area contributed by atoms with Crippen molar-refractivity contribution in [2.45, 2.75) is 39.7 Å². The van der Waals surface area contributed by atoms with Crippen LogP contribution < -0.4 is 16.2 Å². The van der Waals surface area contributed by atoms with Crippen LogP contribution in [0.25, 0.3) is 10.2 Å². The van der Waals surface area contributed by atoms with Gasteiger partial charge in [0.05, 0.1) is 18.3 Å². The Hall–Kier alpha value is -1.48. The van der Waals surface area contributed by atoms with Crippen LogP contribution >= 0.6 is 23.7 Å². The number of rotatable bonds is 7. The fourth-order valence-electron chi connectivity index (χ4n) is 3.66. The largest absolute Gasteiger partial charge is 0.384 e. The van der Waals surface area contributed by atoms with Crippen molar-refractivity contribution in [1.82, 2.24) is 20.2 Å². The molecule has 156 valence electrons. The molecule has 2 aromatic rings. The van der Waals surface area contributed by atoms with Crippen molar-refractivity contribution in [3.05, 3.63) is 27.1 Å². The fraction of sp³-hybridized carbons (Fsp3) is 0.632. The van der Waals surface area contributed by atoms with E-state index in [-0.39, 0.29) is 35.7 Å². The number of hydrogen-bond donors (Lipinski definition) is 2. The first kappa shape index (κ1) is 22.8. The van der Waals surface area contributed by atoms with Crippen LogP contribution in [0.4, 0.5) is 0 Å². The van der Waals surface area contributed by atoms with Crippen molar-refractivity contribution in [2.24, 2.45) is 5.41 Å². The van der Waals surface area contributed by atoms with Crippen molar-refractivity contribution >= 4 is 39.9 Å². The standard InChI is InChI=1S/C19H28N4O3S.ClH/c1-13-14(2)27-17-16(13)18(25)23(12-22-17)9-4-15(24)21-10-19(11-26-3)5-7-20-8-6-19;/h12,20H,4-11H2,1-3H3,(H,21,24);1H. The molecule has 3 rings (SSSR count). The maximum atomic E-state index is 12.7. The summed E-state index contributed by atoms with van der Waals surface area (Å²) in [4.78, 5) is 31.3. The molecule has 0 spiro atoms. The van der Waals surface area contributed by atoms with E-state index in [0.29, 0.717) is 25.1 Å². The van der Waals surface area contributed by atoms with Crippen LogP contribution in [-0.2, 0) is 16.1 Å². The van der Waals surface area contributed by atoms with Gasteiger partial charge in [0.25, 0.3) is 5.56 Å². The number of ether oxygens (including phenoxy) is 1. The molecule has 0 saturated carbocycles. The molecule has 0 radical (unpaired) electrons. The zero-order chi connectivity index (χ0) is 19.4. The Bertz CT molecular complexity index is 868. The summed E-state index contributed by atoms with van der Waals surface area (Å²) in [6, 6.07) is 0. The van der Waals surface area contributed by atoms with Gasteiger partial charge in [-0.05, 0) is 45.3 Å². The summed E-state index contributed by atoms with van der Waals surface area (Å²) >= 11 is 1.53. The van der Waals surface area contributed by atoms with Gasteiger partial charge in [-0.25, -0.2) is 4.98 Å². The van der Waals surface area contributed by atoms with Gasteiger partial charge < -0.3 is 15.4 Å². The zero-order valence-corrected chi connectivity index (χ0v) is 18.3. The van der Waals surface area contributed by atoms with Gasteiger partial charge in [0.15, 0.2) is 0 Å². The number of carbonyl (C=O) groups is 1. The molecule has 1 fully saturated rings. The molecular weight excluding hydrogens is 400 g/mol. The Morgan fingerprint density at radius 3 is 2.79 bits per heavy atom. The molecule has 0 unspecified atom stereocenters. The lowest BCUT2D eigenvalue weighted by atomic mass is 9.79. The summed E-state index contributed by atoms with van der Waals surface area (Å²) in [6.07, 6.45) is 3.78. The number of thiophene rings is 1. The van der Waals surface area contributed by atoms with E-state index in [1.807, 2.05) is 13.8 Å². The van der Waals surface area contributed by atoms with Gasteiger partial charge in [-0.1, -0.05) is 0 Å². The van der Waals surface area contributed by atoms with E-state index < -0.39 is 0 Å². The van der Waals surface area contributed by atoms with E-state index >= 15 is 0 Å². The van der Waals surface area contributed by atoms with Crippen LogP contribution in [0.1, 0.15) is 29.7 Å². The van der Waals surface area contributed by atoms with Gasteiger partial charge in [-0.3, -0.25) is 14.2 Å². The first-order valence-electron chi connectivity index (χ1n) is 9.37. The molecule has 28 heavy (non-hydrogen) atoms. The van der Waals surface area contributed by atoms with Crippen molar-refractivity contribution in [3.63, 3.8) is 0 Å². The van der Waals surface area contributed by atoms with Crippen LogP contribution in [0, 0.1) is 19.3 Å². The summed E-state index contributed by atoms with van der Waals surface area (Å²) in [5.41, 5.74) is 0.917. The molecule has 0 aliphatic carbocycles. The van der Waals surface area contributed by atoms with Gasteiger partial charge in [0, 0.05) is 36.9 Å². The molecule has 7 nitrogen and oxygen atoms in total. The molecular formula is C19H29ClN4O3S. The highest BCUT2D eigenvalue weighted by Gasteiger charge is 2.32. The average molecular weight is 429 g/mol. The van der Waals surface area contributed by atoms with Crippen LogP contribution in [0.15, 0.2) is 11.1 Å². The summed E-state index contributed by atoms with van der Waals surface area (Å²) in [5, 5.41) is 7.06. The van der Waals surface area contributed by atoms with Crippen molar-refractivity contribution < 1.29 is 9.53 Å². The molecule has 0 aromatic carbocycles. The SMILES string of the molecule is COCC1(CNC(=O)CCn2cnc3sc(C)c(C)c3c2=O)CCNCC1.Cl. The smallest absolute Gasteiger partial charge is 0.262 e. The van der Waals surface area contributed by atoms with Crippen molar-refractivity contribution in [1.29, 1.82) is 0 Å². The average Bonchev–Trinajstić information content (AvgIpc) is 2.95. The number of nitrogens with zero attached hydrogens (tertiary/aromatic N) is 2. The number of amides is 1. The Morgan fingerprint density at radius 2 is 2.11 bits per heavy atom. The minimum absolute atomic E-state index is 0. The predicted molar refractivity (Wildman–Crippen MR) is 115 cm³/mol. The lowest BCUT2D eigenvalue weighted by Crippen LogP contribution is -2.47. The normalized spacial score (nSPS) is 16.0. The van der Waals surface area contributed by atoms with Crippen LogP contribution in [-0.4, -0.2) is 48.8 Å². The van der Waals surface area contributed by atoms with E-state index in [1.165, 1.54) is 15.9 Å². The number of aryl methyl sites for hydroxylation is 3. The molecule has 1 amide bonds. The molecule has 0 bridgehead atoms. The summed E-state index contributed by atoms with van der Waals surface area (Å²) < 4.78 is 6.92. The van der Waals surface area contributed by atoms with E-state index in [2.05, 4.69) is 15.6 Å². The van der Waals surface area contributed by atoms with E-state index in [9.17, 15) is 9.59 Å². The predicted octanol–water partition coefficient (Wildman–Crippen LogP) is 2.02. The first-order valence-corrected chi connectivity index (χ1v) is 10.2. The van der Waals surface area contributed by atoms with Gasteiger partial charge >= 0.3 is 0 Å². The number of halogens is 1. The Kier molecular flexibility index (Phi) is 8.00. The Morgan fingerprint density at radius 1 is 1.39 bits per heavy atom. The van der Waals surface area contributed by atoms with Gasteiger partial charge in [0.1, 0.15) is 4.83 Å². The topological polar surface area (TPSA) is 85.2 Å². The summed E-state index contributed by atoms with van der Waals surface area (Å²) in [5.74, 6) is -0.0470. The second kappa shape index (κ2) is 9.82. The monoisotopic (exact) mass is 428 g/mol. The third kappa shape index (κ3) is 4.92. The lowest BCUT2D eigenvalue weighted by Gasteiger charge is -2.37. The van der Waals surface area contributed by atoms with Crippen LogP contribution in [0.2, 0.25) is 0 Å². The van der Waals surface area contributed by atoms with Gasteiger partial charge in [0.2, 0.25) is 5.91 Å². The Labute approximate surface area is 175 Å². The lowest BCUT2D eigenvalue weighted by molar-refractivity contribution is -0.122. The quantitative estimate of drug-likeness (QED) is 0.704. The number of hydrogen-bond acceptors (Lipinski definition) is 6. The summed E-state index contributed by atoms with van der Waals surface area (Å²) in [6.45, 7) is 7.42. The van der Waals surface area contributed by atoms with E-state index in [1.54, 1.807) is 13.4 Å².